The van der Waals surface area contributed by atoms with Gasteiger partial charge in [-0.05, 0) is 65.9 Å². The standard InChI is InChI=1S/C37H30ClN5/c1-4-27(24-15-9-7-10-16-24)34(28(5-2)25-17-11-8-12-18-25)36-40-35(41-37(38)42-36)26-21-22-30-29-19-13-14-20-31(29)43(32(30)23-26)33(39)6-3/h4-23H,1,39H2,2-3H3/b28-5-,33-6+,34-27-. The van der Waals surface area contributed by atoms with E-state index >= 15 is 0 Å². The third-order valence-electron chi connectivity index (χ3n) is 7.52. The van der Waals surface area contributed by atoms with E-state index in [0.717, 1.165) is 55.2 Å². The first-order valence-electron chi connectivity index (χ1n) is 14.1. The summed E-state index contributed by atoms with van der Waals surface area (Å²) in [5, 5.41) is 2.31. The van der Waals surface area contributed by atoms with Crippen LogP contribution in [-0.2, 0) is 0 Å². The predicted octanol–water partition coefficient (Wildman–Crippen LogP) is 9.28. The van der Waals surface area contributed by atoms with Gasteiger partial charge in [-0.25, -0.2) is 4.98 Å². The van der Waals surface area contributed by atoms with Crippen molar-refractivity contribution in [3.05, 3.63) is 150 Å². The van der Waals surface area contributed by atoms with Crippen LogP contribution in [0.25, 0.3) is 55.7 Å². The van der Waals surface area contributed by atoms with Gasteiger partial charge in [0.2, 0.25) is 5.28 Å². The molecular formula is C37H30ClN5. The molecule has 5 nitrogen and oxygen atoms in total. The molecule has 6 aromatic rings. The largest absolute Gasteiger partial charge is 0.385 e. The van der Waals surface area contributed by atoms with Gasteiger partial charge in [-0.15, -0.1) is 0 Å². The van der Waals surface area contributed by atoms with Crippen molar-refractivity contribution in [2.75, 3.05) is 0 Å². The summed E-state index contributed by atoms with van der Waals surface area (Å²) in [7, 11) is 0. The van der Waals surface area contributed by atoms with Crippen LogP contribution in [0.2, 0.25) is 5.28 Å². The van der Waals surface area contributed by atoms with Gasteiger partial charge in [0, 0.05) is 21.9 Å². The average Bonchev–Trinajstić information content (AvgIpc) is 3.39. The molecule has 2 heterocycles. The van der Waals surface area contributed by atoms with Gasteiger partial charge in [0.1, 0.15) is 5.82 Å². The lowest BCUT2D eigenvalue weighted by Gasteiger charge is -2.17. The highest BCUT2D eigenvalue weighted by Crippen LogP contribution is 2.38. The van der Waals surface area contributed by atoms with Crippen molar-refractivity contribution in [3.63, 3.8) is 0 Å². The van der Waals surface area contributed by atoms with Crippen molar-refractivity contribution in [3.8, 4) is 11.4 Å². The molecule has 43 heavy (non-hydrogen) atoms. The van der Waals surface area contributed by atoms with Gasteiger partial charge in [-0.3, -0.25) is 4.57 Å². The highest BCUT2D eigenvalue weighted by Gasteiger charge is 2.21. The summed E-state index contributed by atoms with van der Waals surface area (Å²) in [6.45, 7) is 8.12. The summed E-state index contributed by atoms with van der Waals surface area (Å²) >= 11 is 6.65. The van der Waals surface area contributed by atoms with Crippen molar-refractivity contribution in [2.24, 2.45) is 5.73 Å². The second-order valence-electron chi connectivity index (χ2n) is 9.98. The van der Waals surface area contributed by atoms with Crippen molar-refractivity contribution in [1.29, 1.82) is 0 Å². The number of hydrogen-bond acceptors (Lipinski definition) is 4. The molecule has 6 heteroatoms. The number of hydrogen-bond donors (Lipinski definition) is 1. The lowest BCUT2D eigenvalue weighted by molar-refractivity contribution is 1.03. The van der Waals surface area contributed by atoms with Crippen molar-refractivity contribution >= 4 is 55.9 Å². The molecule has 0 aliphatic heterocycles. The fourth-order valence-electron chi connectivity index (χ4n) is 5.55. The predicted molar refractivity (Wildman–Crippen MR) is 181 cm³/mol. The maximum Gasteiger partial charge on any atom is 0.226 e. The second kappa shape index (κ2) is 11.9. The van der Waals surface area contributed by atoms with E-state index in [1.165, 1.54) is 0 Å². The van der Waals surface area contributed by atoms with E-state index in [0.29, 0.717) is 17.5 Å². The second-order valence-corrected chi connectivity index (χ2v) is 10.3. The van der Waals surface area contributed by atoms with Crippen molar-refractivity contribution < 1.29 is 0 Å². The first kappa shape index (κ1) is 27.9. The molecule has 6 rings (SSSR count). The number of halogens is 1. The molecule has 0 unspecified atom stereocenters. The molecule has 0 atom stereocenters. The average molecular weight is 580 g/mol. The van der Waals surface area contributed by atoms with Crippen LogP contribution < -0.4 is 5.73 Å². The number of rotatable bonds is 7. The number of allylic oxidation sites excluding steroid dienone is 6. The summed E-state index contributed by atoms with van der Waals surface area (Å²) < 4.78 is 2.06. The number of benzene rings is 4. The Kier molecular flexibility index (Phi) is 7.73. The smallest absolute Gasteiger partial charge is 0.226 e. The van der Waals surface area contributed by atoms with Crippen LogP contribution in [0.5, 0.6) is 0 Å². The number of aromatic nitrogens is 4. The lowest BCUT2D eigenvalue weighted by atomic mass is 9.89. The molecule has 0 amide bonds. The molecule has 0 fully saturated rings. The summed E-state index contributed by atoms with van der Waals surface area (Å²) in [4.78, 5) is 14.3. The van der Waals surface area contributed by atoms with E-state index in [4.69, 9.17) is 22.3 Å². The Morgan fingerprint density at radius 2 is 1.40 bits per heavy atom. The highest BCUT2D eigenvalue weighted by molar-refractivity contribution is 6.28. The van der Waals surface area contributed by atoms with Gasteiger partial charge in [-0.2, -0.15) is 9.97 Å². The monoisotopic (exact) mass is 579 g/mol. The van der Waals surface area contributed by atoms with E-state index in [1.54, 1.807) is 0 Å². The van der Waals surface area contributed by atoms with E-state index in [1.807, 2.05) is 80.6 Å². The van der Waals surface area contributed by atoms with Gasteiger partial charge < -0.3 is 5.73 Å². The van der Waals surface area contributed by atoms with Crippen LogP contribution in [0.1, 0.15) is 30.8 Å². The third kappa shape index (κ3) is 5.16. The minimum Gasteiger partial charge on any atom is -0.385 e. The molecule has 2 N–H and O–H groups in total. The van der Waals surface area contributed by atoms with Gasteiger partial charge in [0.15, 0.2) is 11.6 Å². The zero-order valence-electron chi connectivity index (χ0n) is 24.0. The van der Waals surface area contributed by atoms with Crippen molar-refractivity contribution in [2.45, 2.75) is 13.8 Å². The minimum atomic E-state index is 0.103. The Hall–Kier alpha value is -5.26. The topological polar surface area (TPSA) is 69.6 Å². The summed E-state index contributed by atoms with van der Waals surface area (Å²) in [5.41, 5.74) is 14.0. The van der Waals surface area contributed by atoms with Crippen LogP contribution >= 0.6 is 11.6 Å². The molecule has 0 spiro atoms. The summed E-state index contributed by atoms with van der Waals surface area (Å²) in [5.74, 6) is 1.56. The maximum atomic E-state index is 6.65. The molecule has 0 aliphatic carbocycles. The molecule has 0 saturated heterocycles. The van der Waals surface area contributed by atoms with Crippen LogP contribution in [0, 0.1) is 0 Å². The minimum absolute atomic E-state index is 0.103. The zero-order chi connectivity index (χ0) is 29.9. The maximum absolute atomic E-state index is 6.65. The molecule has 210 valence electrons. The Morgan fingerprint density at radius 1 is 0.744 bits per heavy atom. The lowest BCUT2D eigenvalue weighted by Crippen LogP contribution is -2.06. The van der Waals surface area contributed by atoms with Gasteiger partial charge >= 0.3 is 0 Å². The Balaban J connectivity index is 1.61. The Labute approximate surface area is 256 Å². The number of nitrogens with zero attached hydrogens (tertiary/aromatic N) is 4. The molecule has 2 aromatic heterocycles. The normalized spacial score (nSPS) is 12.9. The number of fused-ring (bicyclic) bond motifs is 3. The first-order chi connectivity index (χ1) is 21.0. The summed E-state index contributed by atoms with van der Waals surface area (Å²) in [6.07, 6.45) is 5.81. The molecule has 0 aliphatic rings. The Bertz CT molecular complexity index is 2070. The molecule has 0 saturated carbocycles. The first-order valence-corrected chi connectivity index (χ1v) is 14.4. The third-order valence-corrected chi connectivity index (χ3v) is 7.69. The molecule has 4 aromatic carbocycles. The van der Waals surface area contributed by atoms with Gasteiger partial charge in [0.25, 0.3) is 0 Å². The zero-order valence-corrected chi connectivity index (χ0v) is 24.8. The van der Waals surface area contributed by atoms with E-state index < -0.39 is 0 Å². The van der Waals surface area contributed by atoms with Gasteiger partial charge in [0.05, 0.1) is 11.0 Å². The van der Waals surface area contributed by atoms with Gasteiger partial charge in [-0.1, -0.05) is 110 Å². The molecular weight excluding hydrogens is 550 g/mol. The van der Waals surface area contributed by atoms with Crippen LogP contribution in [0.15, 0.2) is 128 Å². The van der Waals surface area contributed by atoms with E-state index in [2.05, 4.69) is 75.7 Å². The fourth-order valence-corrected chi connectivity index (χ4v) is 5.71. The SMILES string of the molecule is C=C/C(=C(\C(=C/C)c1ccccc1)c1nc(Cl)nc(-c2ccc3c4ccccc4n(/C(N)=C/C)c3c2)n1)c1ccccc1. The summed E-state index contributed by atoms with van der Waals surface area (Å²) in [6, 6.07) is 34.7. The van der Waals surface area contributed by atoms with E-state index in [-0.39, 0.29) is 5.28 Å². The quantitative estimate of drug-likeness (QED) is 0.191. The Morgan fingerprint density at radius 3 is 2.07 bits per heavy atom. The van der Waals surface area contributed by atoms with Crippen LogP contribution in [0.4, 0.5) is 0 Å². The van der Waals surface area contributed by atoms with Crippen molar-refractivity contribution in [1.82, 2.24) is 19.5 Å². The number of nitrogens with two attached hydrogens (primary N) is 1. The fraction of sp³-hybridized carbons (Fsp3) is 0.0541. The molecule has 0 radical (unpaired) electrons. The highest BCUT2D eigenvalue weighted by atomic mass is 35.5. The van der Waals surface area contributed by atoms with Crippen LogP contribution in [0.3, 0.4) is 0 Å². The molecule has 0 bridgehead atoms. The van der Waals surface area contributed by atoms with E-state index in [9.17, 15) is 0 Å². The number of para-hydroxylation sites is 1. The van der Waals surface area contributed by atoms with Crippen LogP contribution in [-0.4, -0.2) is 19.5 Å².